The van der Waals surface area contributed by atoms with Gasteiger partial charge in [-0.3, -0.25) is 14.4 Å². The van der Waals surface area contributed by atoms with Gasteiger partial charge in [-0.2, -0.15) is 0 Å². The van der Waals surface area contributed by atoms with Crippen molar-refractivity contribution < 1.29 is 123 Å². The Morgan fingerprint density at radius 3 is 1.59 bits per heavy atom. The maximum Gasteiger partial charge on any atom is 0.317 e. The number of ether oxygens (including phenoxy) is 9. The summed E-state index contributed by atoms with van der Waals surface area (Å²) in [6, 6.07) is 0. The predicted octanol–water partition coefficient (Wildman–Crippen LogP) is -5.21. The molecule has 6 unspecified atom stereocenters. The van der Waals surface area contributed by atoms with E-state index in [4.69, 9.17) is 47.7 Å². The number of aliphatic hydroxyl groups is 12. The predicted molar refractivity (Wildman–Crippen MR) is 218 cm³/mol. The number of carbonyl (C=O) groups is 3. The molecular formula is C43H68O25. The van der Waals surface area contributed by atoms with Gasteiger partial charge in [-0.1, -0.05) is 0 Å². The molecule has 0 spiro atoms. The zero-order chi connectivity index (χ0) is 49.1. The molecule has 0 aromatic heterocycles. The molecule has 7 fully saturated rings. The summed E-state index contributed by atoms with van der Waals surface area (Å²) in [6.45, 7) is -1.79. The maximum atomic E-state index is 13.2. The van der Waals surface area contributed by atoms with Crippen LogP contribution in [0.4, 0.5) is 0 Å². The molecule has 3 saturated carbocycles. The van der Waals surface area contributed by atoms with Crippen LogP contribution in [0.2, 0.25) is 0 Å². The normalized spacial score (nSPS) is 47.9. The Morgan fingerprint density at radius 1 is 0.515 bits per heavy atom. The average molecular weight is 985 g/mol. The fourth-order valence-electron chi connectivity index (χ4n) is 10.6. The third-order valence-electron chi connectivity index (χ3n) is 14.6. The molecule has 390 valence electrons. The summed E-state index contributed by atoms with van der Waals surface area (Å²) in [4.78, 5) is 36.0. The standard InChI is InChI=1S/C43H68O25/c44-13-25-30(50)33(53)36(56)41(66-25)62-19-7-3-17(4-8-19)40(59)61-15-27-32(52)34(54)37(57)42(67-27)63-20-9-22(46)21-11-24(39(64-23(21)10-20)16-1-5-18(45)6-2-16)65-43-38(58)35(55)31(51)26(68-43)14-60-29(49)12-28(47)48/h16-27,30-39,41-46,50-58H,1-15H2,(H,47,48)/t16?,17?,18?,19?,20?,21?,22?,23?,24?,25-,26-,27-,30-,31-,32-,33+,34+,35+,36-,37-,38-,39?,41-,42-,43-/m1/s1. The van der Waals surface area contributed by atoms with Crippen molar-refractivity contribution in [1.82, 2.24) is 0 Å². The van der Waals surface area contributed by atoms with E-state index >= 15 is 0 Å². The minimum absolute atomic E-state index is 0.0115. The van der Waals surface area contributed by atoms with E-state index in [9.17, 15) is 75.7 Å². The Labute approximate surface area is 390 Å². The van der Waals surface area contributed by atoms with Crippen molar-refractivity contribution in [3.8, 4) is 0 Å². The molecule has 25 heteroatoms. The quantitative estimate of drug-likeness (QED) is 0.0539. The summed E-state index contributed by atoms with van der Waals surface area (Å²) in [6.07, 6.45) is -26.2. The van der Waals surface area contributed by atoms with E-state index in [0.717, 1.165) is 0 Å². The van der Waals surface area contributed by atoms with Crippen LogP contribution in [0.15, 0.2) is 0 Å². The number of aliphatic hydroxyl groups excluding tert-OH is 12. The zero-order valence-corrected chi connectivity index (χ0v) is 37.3. The summed E-state index contributed by atoms with van der Waals surface area (Å²) < 4.78 is 52.4. The molecule has 68 heavy (non-hydrogen) atoms. The second-order valence-corrected chi connectivity index (χ2v) is 19.3. The van der Waals surface area contributed by atoms with Gasteiger partial charge >= 0.3 is 17.9 Å². The number of carboxylic acids is 1. The van der Waals surface area contributed by atoms with E-state index in [0.29, 0.717) is 51.4 Å². The van der Waals surface area contributed by atoms with E-state index in [1.807, 2.05) is 0 Å². The number of aliphatic carboxylic acids is 1. The number of hydrogen-bond acceptors (Lipinski definition) is 24. The molecular weight excluding hydrogens is 916 g/mol. The van der Waals surface area contributed by atoms with Crippen LogP contribution in [0, 0.1) is 17.8 Å². The highest BCUT2D eigenvalue weighted by Crippen LogP contribution is 2.44. The summed E-state index contributed by atoms with van der Waals surface area (Å²) in [5.74, 6) is -4.55. The van der Waals surface area contributed by atoms with Gasteiger partial charge in [0.05, 0.1) is 55.3 Å². The fraction of sp³-hybridized carbons (Fsp3) is 0.930. The van der Waals surface area contributed by atoms with E-state index in [-0.39, 0.29) is 25.2 Å². The van der Waals surface area contributed by atoms with Gasteiger partial charge in [-0.25, -0.2) is 0 Å². The first-order valence-electron chi connectivity index (χ1n) is 23.5. The van der Waals surface area contributed by atoms with Gasteiger partial charge in [-0.15, -0.1) is 0 Å². The van der Waals surface area contributed by atoms with E-state index in [1.165, 1.54) is 0 Å². The molecule has 0 aromatic rings. The molecule has 4 saturated heterocycles. The van der Waals surface area contributed by atoms with Crippen LogP contribution in [0.3, 0.4) is 0 Å². The minimum atomic E-state index is -1.82. The van der Waals surface area contributed by atoms with Crippen LogP contribution in [-0.4, -0.2) is 239 Å². The Morgan fingerprint density at radius 2 is 1.03 bits per heavy atom. The topological polar surface area (TPSA) is 397 Å². The molecule has 4 aliphatic heterocycles. The lowest BCUT2D eigenvalue weighted by atomic mass is 9.73. The van der Waals surface area contributed by atoms with Crippen molar-refractivity contribution in [3.63, 3.8) is 0 Å². The maximum absolute atomic E-state index is 13.2. The first-order valence-corrected chi connectivity index (χ1v) is 23.5. The highest BCUT2D eigenvalue weighted by atomic mass is 16.7. The number of hydrogen-bond donors (Lipinski definition) is 13. The fourth-order valence-corrected chi connectivity index (χ4v) is 10.6. The highest BCUT2D eigenvalue weighted by molar-refractivity contribution is 5.90. The summed E-state index contributed by atoms with van der Waals surface area (Å²) in [5.41, 5.74) is 0. The van der Waals surface area contributed by atoms with Gasteiger partial charge < -0.3 is 109 Å². The monoisotopic (exact) mass is 984 g/mol. The number of carbonyl (C=O) groups excluding carboxylic acids is 2. The molecule has 13 N–H and O–H groups in total. The molecule has 0 bridgehead atoms. The zero-order valence-electron chi connectivity index (χ0n) is 37.3. The van der Waals surface area contributed by atoms with E-state index in [1.54, 1.807) is 0 Å². The molecule has 7 rings (SSSR count). The average Bonchev–Trinajstić information content (AvgIpc) is 3.31. The first-order chi connectivity index (χ1) is 32.3. The van der Waals surface area contributed by atoms with Gasteiger partial charge in [0.2, 0.25) is 0 Å². The lowest BCUT2D eigenvalue weighted by Crippen LogP contribution is -2.62. The first kappa shape index (κ1) is 53.4. The number of fused-ring (bicyclic) bond motifs is 1. The number of carboxylic acid groups (broad SMARTS) is 1. The molecule has 4 heterocycles. The number of esters is 2. The molecule has 0 aromatic carbocycles. The van der Waals surface area contributed by atoms with E-state index < -0.39 is 191 Å². The van der Waals surface area contributed by atoms with E-state index in [2.05, 4.69) is 0 Å². The van der Waals surface area contributed by atoms with Crippen molar-refractivity contribution in [3.05, 3.63) is 0 Å². The molecule has 3 aliphatic carbocycles. The SMILES string of the molecule is O=C(O)CC(=O)OC[C@H]1O[C@@H](OC2CC3C(O)CC(O[C@@H]4O[C@H](COC(=O)C5CCC(O[C@@H]6O[C@H](CO)[C@@H](O)[C@H](O)[C@H]6O)CC5)[C@@H](O)[C@H](O)[C@H]4O)CC3OC2C2CCC(O)CC2)[C@H](O)[C@@H](O)[C@@H]1O. The largest absolute Gasteiger partial charge is 0.481 e. The molecule has 0 amide bonds. The van der Waals surface area contributed by atoms with Gasteiger partial charge in [-0.05, 0) is 63.7 Å². The third kappa shape index (κ3) is 12.5. The smallest absolute Gasteiger partial charge is 0.317 e. The summed E-state index contributed by atoms with van der Waals surface area (Å²) in [5, 5.41) is 135. The second-order valence-electron chi connectivity index (χ2n) is 19.3. The van der Waals surface area contributed by atoms with Crippen LogP contribution in [0.1, 0.15) is 77.0 Å². The van der Waals surface area contributed by atoms with Gasteiger partial charge in [0.15, 0.2) is 18.9 Å². The van der Waals surface area contributed by atoms with Crippen LogP contribution in [-0.2, 0) is 57.0 Å². The van der Waals surface area contributed by atoms with Gasteiger partial charge in [0.25, 0.3) is 0 Å². The Balaban J connectivity index is 0.931. The molecule has 7 aliphatic rings. The van der Waals surface area contributed by atoms with Crippen LogP contribution in [0.25, 0.3) is 0 Å². The molecule has 21 atom stereocenters. The third-order valence-corrected chi connectivity index (χ3v) is 14.6. The van der Waals surface area contributed by atoms with Gasteiger partial charge in [0, 0.05) is 18.8 Å². The van der Waals surface area contributed by atoms with Gasteiger partial charge in [0.1, 0.15) is 92.9 Å². The van der Waals surface area contributed by atoms with Crippen molar-refractivity contribution in [2.75, 3.05) is 19.8 Å². The van der Waals surface area contributed by atoms with Crippen molar-refractivity contribution in [2.45, 2.75) is 212 Å². The summed E-state index contributed by atoms with van der Waals surface area (Å²) >= 11 is 0. The summed E-state index contributed by atoms with van der Waals surface area (Å²) in [7, 11) is 0. The van der Waals surface area contributed by atoms with Crippen molar-refractivity contribution >= 4 is 17.9 Å². The lowest BCUT2D eigenvalue weighted by Gasteiger charge is -2.51. The van der Waals surface area contributed by atoms with Crippen LogP contribution < -0.4 is 0 Å². The highest BCUT2D eigenvalue weighted by Gasteiger charge is 2.54. The lowest BCUT2D eigenvalue weighted by molar-refractivity contribution is -0.338. The Bertz CT molecular complexity index is 1640. The Hall–Kier alpha value is -2.35. The molecule has 0 radical (unpaired) electrons. The second kappa shape index (κ2) is 23.5. The minimum Gasteiger partial charge on any atom is -0.481 e. The van der Waals surface area contributed by atoms with Crippen LogP contribution >= 0.6 is 0 Å². The van der Waals surface area contributed by atoms with Crippen molar-refractivity contribution in [2.24, 2.45) is 17.8 Å². The van der Waals surface area contributed by atoms with Crippen LogP contribution in [0.5, 0.6) is 0 Å². The number of rotatable bonds is 15. The van der Waals surface area contributed by atoms with Crippen molar-refractivity contribution in [1.29, 1.82) is 0 Å². The molecule has 25 nitrogen and oxygen atoms in total. The Kier molecular flexibility index (Phi) is 18.4.